The number of benzene rings is 2. The molecule has 1 aliphatic rings. The fourth-order valence-corrected chi connectivity index (χ4v) is 6.97. The van der Waals surface area contributed by atoms with Gasteiger partial charge in [0.1, 0.15) is 17.2 Å². The molecule has 0 aliphatic carbocycles. The smallest absolute Gasteiger partial charge is 0.188 e. The highest BCUT2D eigenvalue weighted by atomic mass is 15.3. The highest BCUT2D eigenvalue weighted by molar-refractivity contribution is 5.98. The molecule has 9 rings (SSSR count). The van der Waals surface area contributed by atoms with Crippen LogP contribution in [0.15, 0.2) is 103 Å². The second-order valence-corrected chi connectivity index (χ2v) is 13.0. The van der Waals surface area contributed by atoms with Gasteiger partial charge < -0.3 is 4.98 Å². The monoisotopic (exact) mass is 657 g/mol. The van der Waals surface area contributed by atoms with Gasteiger partial charge in [-0.15, -0.1) is 20.4 Å². The quantitative estimate of drug-likeness (QED) is 0.197. The van der Waals surface area contributed by atoms with E-state index in [1.165, 1.54) is 5.56 Å². The minimum Gasteiger partial charge on any atom is -0.323 e. The number of aromatic nitrogens is 10. The van der Waals surface area contributed by atoms with Crippen molar-refractivity contribution in [2.45, 2.75) is 32.2 Å². The lowest BCUT2D eigenvalue weighted by molar-refractivity contribution is 0.202. The van der Waals surface area contributed by atoms with Gasteiger partial charge in [-0.1, -0.05) is 60.7 Å². The molecule has 246 valence electrons. The normalized spacial score (nSPS) is 14.2. The van der Waals surface area contributed by atoms with Crippen molar-refractivity contribution < 1.29 is 0 Å². The van der Waals surface area contributed by atoms with Crippen LogP contribution in [0.4, 0.5) is 0 Å². The van der Waals surface area contributed by atoms with Crippen molar-refractivity contribution in [1.29, 1.82) is 0 Å². The van der Waals surface area contributed by atoms with Crippen molar-refractivity contribution in [2.75, 3.05) is 13.1 Å². The summed E-state index contributed by atoms with van der Waals surface area (Å²) < 4.78 is 3.86. The number of hydrogen-bond acceptors (Lipinski definition) is 8. The Morgan fingerprint density at radius 2 is 1.62 bits per heavy atom. The van der Waals surface area contributed by atoms with E-state index in [-0.39, 0.29) is 0 Å². The summed E-state index contributed by atoms with van der Waals surface area (Å²) >= 11 is 0. The molecule has 0 radical (unpaired) electrons. The molecule has 6 aromatic heterocycles. The number of rotatable bonds is 7. The van der Waals surface area contributed by atoms with Gasteiger partial charge in [-0.05, 0) is 74.3 Å². The standard InChI is InChI=1S/C39H35N11/c1-25-22-34(47-48(25)2)39-46-45-38-31-23-30(27-8-4-3-5-9-27)35(41-32(31)17-21-50(38)39)28-13-11-26(12-14-28)24-49-19-15-29(16-20-49)36-42-37(44-43-36)33-10-6-7-18-40-33/h3-14,17-18,21-23,29H,15-16,19-20,24H2,1-2H3,(H,42,43,44). The maximum atomic E-state index is 5.25. The van der Waals surface area contributed by atoms with Crippen molar-refractivity contribution in [2.24, 2.45) is 7.05 Å². The first-order valence-electron chi connectivity index (χ1n) is 17.0. The Balaban J connectivity index is 0.964. The van der Waals surface area contributed by atoms with Crippen LogP contribution in [0.1, 0.15) is 35.8 Å². The number of fused-ring (bicyclic) bond motifs is 3. The van der Waals surface area contributed by atoms with Crippen LogP contribution in [0.2, 0.25) is 0 Å². The molecule has 0 bridgehead atoms. The van der Waals surface area contributed by atoms with Crippen LogP contribution in [0.5, 0.6) is 0 Å². The van der Waals surface area contributed by atoms with Gasteiger partial charge >= 0.3 is 0 Å². The summed E-state index contributed by atoms with van der Waals surface area (Å²) in [7, 11) is 1.94. The van der Waals surface area contributed by atoms with E-state index in [1.54, 1.807) is 6.20 Å². The molecule has 0 saturated carbocycles. The maximum absolute atomic E-state index is 5.25. The summed E-state index contributed by atoms with van der Waals surface area (Å²) in [5, 5.41) is 23.5. The molecule has 11 heteroatoms. The number of aryl methyl sites for hydroxylation is 2. The zero-order valence-electron chi connectivity index (χ0n) is 27.9. The molecule has 2 aromatic carbocycles. The van der Waals surface area contributed by atoms with Crippen molar-refractivity contribution in [3.8, 4) is 45.4 Å². The Hall–Kier alpha value is -6.07. The lowest BCUT2D eigenvalue weighted by Gasteiger charge is -2.30. The third-order valence-electron chi connectivity index (χ3n) is 9.82. The molecule has 0 spiro atoms. The third-order valence-corrected chi connectivity index (χ3v) is 9.82. The number of H-pyrrole nitrogens is 1. The topological polar surface area (TPSA) is 119 Å². The van der Waals surface area contributed by atoms with E-state index in [4.69, 9.17) is 4.98 Å². The number of likely N-dealkylation sites (tertiary alicyclic amines) is 1. The van der Waals surface area contributed by atoms with Crippen LogP contribution < -0.4 is 0 Å². The molecule has 1 fully saturated rings. The van der Waals surface area contributed by atoms with Crippen molar-refractivity contribution in [3.05, 3.63) is 120 Å². The highest BCUT2D eigenvalue weighted by Gasteiger charge is 2.24. The SMILES string of the molecule is Cc1cc(-c2nnc3c4cc(-c5ccccc5)c(-c5ccc(CN6CCC(c7nnc(-c8ccccn8)[nH]7)CC6)cc5)nc4ccn23)nn1C. The predicted molar refractivity (Wildman–Crippen MR) is 193 cm³/mol. The minimum absolute atomic E-state index is 0.374. The summed E-state index contributed by atoms with van der Waals surface area (Å²) in [5.41, 5.74) is 9.76. The largest absolute Gasteiger partial charge is 0.323 e. The number of aromatic amines is 1. The maximum Gasteiger partial charge on any atom is 0.188 e. The van der Waals surface area contributed by atoms with Crippen LogP contribution in [0.3, 0.4) is 0 Å². The number of nitrogens with one attached hydrogen (secondary N) is 1. The van der Waals surface area contributed by atoms with E-state index >= 15 is 0 Å². The van der Waals surface area contributed by atoms with Crippen molar-refractivity contribution in [1.82, 2.24) is 54.4 Å². The molecule has 0 unspecified atom stereocenters. The number of nitrogens with zero attached hydrogens (tertiary/aromatic N) is 10. The van der Waals surface area contributed by atoms with E-state index in [1.807, 2.05) is 65.6 Å². The number of hydrogen-bond donors (Lipinski definition) is 1. The average molecular weight is 658 g/mol. The molecule has 50 heavy (non-hydrogen) atoms. The highest BCUT2D eigenvalue weighted by Crippen LogP contribution is 2.35. The predicted octanol–water partition coefficient (Wildman–Crippen LogP) is 6.88. The second kappa shape index (κ2) is 12.4. The first kappa shape index (κ1) is 30.0. The Bertz CT molecular complexity index is 2420. The van der Waals surface area contributed by atoms with Gasteiger partial charge in [0.15, 0.2) is 17.3 Å². The van der Waals surface area contributed by atoms with Gasteiger partial charge in [-0.2, -0.15) is 5.10 Å². The first-order valence-corrected chi connectivity index (χ1v) is 17.0. The summed E-state index contributed by atoms with van der Waals surface area (Å²) in [5.74, 6) is 2.78. The van der Waals surface area contributed by atoms with E-state index in [0.717, 1.165) is 100 Å². The Labute approximate surface area is 288 Å². The Kier molecular flexibility index (Phi) is 7.46. The lowest BCUT2D eigenvalue weighted by Crippen LogP contribution is -2.32. The van der Waals surface area contributed by atoms with Crippen LogP contribution in [-0.4, -0.2) is 67.5 Å². The van der Waals surface area contributed by atoms with Crippen LogP contribution in [0, 0.1) is 6.92 Å². The lowest BCUT2D eigenvalue weighted by atomic mass is 9.95. The van der Waals surface area contributed by atoms with Gasteiger partial charge in [-0.25, -0.2) is 4.98 Å². The van der Waals surface area contributed by atoms with E-state index in [2.05, 4.69) is 95.0 Å². The van der Waals surface area contributed by atoms with E-state index in [0.29, 0.717) is 11.7 Å². The summed E-state index contributed by atoms with van der Waals surface area (Å²) in [6.45, 7) is 4.95. The molecule has 11 nitrogen and oxygen atoms in total. The average Bonchev–Trinajstić information content (AvgIpc) is 3.91. The van der Waals surface area contributed by atoms with Gasteiger partial charge in [0, 0.05) is 54.1 Å². The number of piperidine rings is 1. The molecule has 1 N–H and O–H groups in total. The van der Waals surface area contributed by atoms with Gasteiger partial charge in [0.25, 0.3) is 0 Å². The van der Waals surface area contributed by atoms with Crippen molar-refractivity contribution >= 4 is 16.6 Å². The zero-order valence-corrected chi connectivity index (χ0v) is 27.9. The van der Waals surface area contributed by atoms with Gasteiger partial charge in [0.2, 0.25) is 0 Å². The number of pyridine rings is 3. The molecule has 0 atom stereocenters. The van der Waals surface area contributed by atoms with Crippen LogP contribution in [-0.2, 0) is 13.6 Å². The zero-order chi connectivity index (χ0) is 33.6. The summed E-state index contributed by atoms with van der Waals surface area (Å²) in [6.07, 6.45) is 5.85. The second-order valence-electron chi connectivity index (χ2n) is 13.0. The Morgan fingerprint density at radius 3 is 2.38 bits per heavy atom. The third kappa shape index (κ3) is 5.51. The molecule has 1 saturated heterocycles. The van der Waals surface area contributed by atoms with Crippen LogP contribution >= 0.6 is 0 Å². The molecule has 8 aromatic rings. The molecular formula is C39H35N11. The van der Waals surface area contributed by atoms with E-state index < -0.39 is 0 Å². The van der Waals surface area contributed by atoms with Crippen LogP contribution in [0.25, 0.3) is 62.0 Å². The summed E-state index contributed by atoms with van der Waals surface area (Å²) in [6, 6.07) is 31.4. The van der Waals surface area contributed by atoms with E-state index in [9.17, 15) is 0 Å². The molecule has 1 aliphatic heterocycles. The van der Waals surface area contributed by atoms with Gasteiger partial charge in [-0.3, -0.25) is 19.0 Å². The summed E-state index contributed by atoms with van der Waals surface area (Å²) in [4.78, 5) is 15.6. The van der Waals surface area contributed by atoms with Gasteiger partial charge in [0.05, 0.1) is 11.2 Å². The Morgan fingerprint density at radius 1 is 0.800 bits per heavy atom. The first-order chi connectivity index (χ1) is 24.6. The molecule has 0 amide bonds. The van der Waals surface area contributed by atoms with Crippen molar-refractivity contribution in [3.63, 3.8) is 0 Å². The fraction of sp³-hybridized carbons (Fsp3) is 0.205. The molecular weight excluding hydrogens is 623 g/mol. The molecule has 7 heterocycles. The fourth-order valence-electron chi connectivity index (χ4n) is 6.97. The minimum atomic E-state index is 0.374.